The number of amides is 4. The fourth-order valence-corrected chi connectivity index (χ4v) is 4.93. The number of fused-ring (bicyclic) bond motifs is 1. The molecule has 5 aliphatic rings. The van der Waals surface area contributed by atoms with E-state index in [4.69, 9.17) is 0 Å². The highest BCUT2D eigenvalue weighted by Gasteiger charge is 2.56. The average molecular weight is 331 g/mol. The Bertz CT molecular complexity index is 550. The third-order valence-electron chi connectivity index (χ3n) is 6.19. The number of likely N-dealkylation sites (tertiary alicyclic amines) is 1. The fourth-order valence-electron chi connectivity index (χ4n) is 4.93. The Morgan fingerprint density at radius 2 is 1.54 bits per heavy atom. The third kappa shape index (κ3) is 2.62. The monoisotopic (exact) mass is 331 g/mol. The lowest BCUT2D eigenvalue weighted by atomic mass is 9.63. The Labute approximate surface area is 142 Å². The maximum absolute atomic E-state index is 12.6. The predicted octanol–water partition coefficient (Wildman–Crippen LogP) is 1.77. The van der Waals surface area contributed by atoms with Crippen LogP contribution < -0.4 is 10.6 Å². The Hall–Kier alpha value is -1.85. The minimum atomic E-state index is -0.279. The van der Waals surface area contributed by atoms with Crippen molar-refractivity contribution in [1.82, 2.24) is 15.5 Å². The van der Waals surface area contributed by atoms with Gasteiger partial charge in [-0.2, -0.15) is 0 Å². The zero-order chi connectivity index (χ0) is 16.7. The SMILES string of the molecule is O=C(NCN1C(=O)[C@@H]2[C@@H](C1=O)[C@H]1C=C[C@H]2CC1)NC1CCCCC1. The Morgan fingerprint density at radius 3 is 2.08 bits per heavy atom. The van der Waals surface area contributed by atoms with Crippen molar-refractivity contribution in [3.05, 3.63) is 12.2 Å². The van der Waals surface area contributed by atoms with Gasteiger partial charge in [-0.1, -0.05) is 31.4 Å². The Morgan fingerprint density at radius 1 is 0.958 bits per heavy atom. The van der Waals surface area contributed by atoms with Gasteiger partial charge in [-0.15, -0.1) is 0 Å². The molecule has 0 aromatic rings. The summed E-state index contributed by atoms with van der Waals surface area (Å²) in [5.74, 6) is -0.243. The lowest BCUT2D eigenvalue weighted by Gasteiger charge is -2.38. The van der Waals surface area contributed by atoms with E-state index in [-0.39, 0.29) is 54.2 Å². The van der Waals surface area contributed by atoms with Crippen LogP contribution in [0.15, 0.2) is 12.2 Å². The number of carbonyl (C=O) groups excluding carboxylic acids is 3. The number of carbonyl (C=O) groups is 3. The number of urea groups is 1. The van der Waals surface area contributed by atoms with Gasteiger partial charge in [-0.3, -0.25) is 14.5 Å². The van der Waals surface area contributed by atoms with Crippen molar-refractivity contribution in [2.75, 3.05) is 6.67 Å². The van der Waals surface area contributed by atoms with Crippen LogP contribution in [0.2, 0.25) is 0 Å². The van der Waals surface area contributed by atoms with Gasteiger partial charge in [-0.25, -0.2) is 4.79 Å². The second kappa shape index (κ2) is 6.22. The zero-order valence-corrected chi connectivity index (χ0v) is 13.9. The molecule has 0 unspecified atom stereocenters. The summed E-state index contributed by atoms with van der Waals surface area (Å²) in [6.07, 6.45) is 11.7. The molecule has 5 rings (SSSR count). The molecular formula is C18H25N3O3. The van der Waals surface area contributed by atoms with Gasteiger partial charge in [0.2, 0.25) is 11.8 Å². The number of nitrogens with zero attached hydrogens (tertiary/aromatic N) is 1. The van der Waals surface area contributed by atoms with Gasteiger partial charge >= 0.3 is 6.03 Å². The maximum atomic E-state index is 12.6. The van der Waals surface area contributed by atoms with Crippen molar-refractivity contribution in [3.63, 3.8) is 0 Å². The lowest BCUT2D eigenvalue weighted by molar-refractivity contribution is -0.140. The van der Waals surface area contributed by atoms with E-state index < -0.39 is 0 Å². The number of imide groups is 1. The van der Waals surface area contributed by atoms with Gasteiger partial charge in [0.05, 0.1) is 11.8 Å². The van der Waals surface area contributed by atoms with E-state index in [1.54, 1.807) is 0 Å². The number of nitrogens with one attached hydrogen (secondary N) is 2. The molecule has 2 saturated carbocycles. The van der Waals surface area contributed by atoms with Gasteiger partial charge in [0, 0.05) is 6.04 Å². The molecule has 24 heavy (non-hydrogen) atoms. The van der Waals surface area contributed by atoms with E-state index in [1.807, 2.05) is 0 Å². The van der Waals surface area contributed by atoms with Crippen LogP contribution >= 0.6 is 0 Å². The number of rotatable bonds is 3. The van der Waals surface area contributed by atoms with E-state index in [2.05, 4.69) is 22.8 Å². The minimum absolute atomic E-state index is 0.0113. The average Bonchev–Trinajstić information content (AvgIpc) is 2.88. The maximum Gasteiger partial charge on any atom is 0.316 e. The number of hydrogen-bond acceptors (Lipinski definition) is 3. The van der Waals surface area contributed by atoms with E-state index in [0.29, 0.717) is 0 Å². The molecule has 6 heteroatoms. The molecule has 2 N–H and O–H groups in total. The van der Waals surface area contributed by atoms with E-state index in [9.17, 15) is 14.4 Å². The fraction of sp³-hybridized carbons (Fsp3) is 0.722. The molecule has 4 aliphatic carbocycles. The largest absolute Gasteiger partial charge is 0.335 e. The van der Waals surface area contributed by atoms with Crippen LogP contribution in [0.1, 0.15) is 44.9 Å². The highest BCUT2D eigenvalue weighted by atomic mass is 16.2. The molecule has 4 amide bonds. The van der Waals surface area contributed by atoms with Crippen molar-refractivity contribution in [2.45, 2.75) is 51.0 Å². The molecule has 1 saturated heterocycles. The first kappa shape index (κ1) is 15.7. The first-order chi connectivity index (χ1) is 11.6. The predicted molar refractivity (Wildman–Crippen MR) is 87.6 cm³/mol. The second-order valence-corrected chi connectivity index (χ2v) is 7.59. The molecule has 130 valence electrons. The van der Waals surface area contributed by atoms with E-state index in [1.165, 1.54) is 11.3 Å². The van der Waals surface area contributed by atoms with Crippen LogP contribution in [0.25, 0.3) is 0 Å². The molecule has 0 spiro atoms. The summed E-state index contributed by atoms with van der Waals surface area (Å²) in [5.41, 5.74) is 0. The Balaban J connectivity index is 1.34. The molecule has 1 heterocycles. The summed E-state index contributed by atoms with van der Waals surface area (Å²) in [6, 6.07) is -0.0650. The van der Waals surface area contributed by atoms with Crippen molar-refractivity contribution >= 4 is 17.8 Å². The zero-order valence-electron chi connectivity index (χ0n) is 13.9. The van der Waals surface area contributed by atoms with Crippen molar-refractivity contribution in [1.29, 1.82) is 0 Å². The van der Waals surface area contributed by atoms with Crippen molar-refractivity contribution in [2.24, 2.45) is 23.7 Å². The standard InChI is InChI=1S/C18H25N3O3/c22-16-14-11-6-7-12(9-8-11)15(14)17(23)21(16)10-19-18(24)20-13-4-2-1-3-5-13/h6-7,11-15H,1-5,8-10H2,(H2,19,20,24)/t11-,12-,14-,15-/m0/s1. The number of allylic oxidation sites excluding steroid dienone is 2. The smallest absolute Gasteiger partial charge is 0.316 e. The van der Waals surface area contributed by atoms with Gasteiger partial charge in [0.1, 0.15) is 6.67 Å². The first-order valence-electron chi connectivity index (χ1n) is 9.23. The lowest BCUT2D eigenvalue weighted by Crippen LogP contribution is -2.48. The highest BCUT2D eigenvalue weighted by molar-refractivity contribution is 6.06. The van der Waals surface area contributed by atoms with Crippen LogP contribution in [0.4, 0.5) is 4.79 Å². The summed E-state index contributed by atoms with van der Waals surface area (Å²) in [7, 11) is 0. The van der Waals surface area contributed by atoms with Crippen LogP contribution in [0.3, 0.4) is 0 Å². The topological polar surface area (TPSA) is 78.5 Å². The summed E-state index contributed by atoms with van der Waals surface area (Å²) >= 11 is 0. The molecule has 4 atom stereocenters. The normalized spacial score (nSPS) is 35.2. The minimum Gasteiger partial charge on any atom is -0.335 e. The molecule has 2 bridgehead atoms. The highest BCUT2D eigenvalue weighted by Crippen LogP contribution is 2.49. The van der Waals surface area contributed by atoms with Gasteiger partial charge in [0.25, 0.3) is 0 Å². The van der Waals surface area contributed by atoms with Crippen LogP contribution in [-0.4, -0.2) is 35.5 Å². The van der Waals surface area contributed by atoms with Gasteiger partial charge in [-0.05, 0) is 37.5 Å². The van der Waals surface area contributed by atoms with E-state index in [0.717, 1.165) is 38.5 Å². The van der Waals surface area contributed by atoms with Crippen LogP contribution in [0, 0.1) is 23.7 Å². The second-order valence-electron chi connectivity index (χ2n) is 7.59. The van der Waals surface area contributed by atoms with Crippen molar-refractivity contribution in [3.8, 4) is 0 Å². The molecule has 0 aromatic heterocycles. The van der Waals surface area contributed by atoms with Crippen LogP contribution in [-0.2, 0) is 9.59 Å². The van der Waals surface area contributed by atoms with Gasteiger partial charge < -0.3 is 10.6 Å². The first-order valence-corrected chi connectivity index (χ1v) is 9.23. The molecule has 1 aliphatic heterocycles. The summed E-state index contributed by atoms with van der Waals surface area (Å²) in [4.78, 5) is 38.6. The molecule has 0 aromatic carbocycles. The third-order valence-corrected chi connectivity index (χ3v) is 6.19. The molecule has 0 radical (unpaired) electrons. The summed E-state index contributed by atoms with van der Waals surface area (Å²) in [6.45, 7) is -0.0113. The van der Waals surface area contributed by atoms with E-state index >= 15 is 0 Å². The summed E-state index contributed by atoms with van der Waals surface area (Å²) in [5, 5.41) is 5.66. The van der Waals surface area contributed by atoms with Gasteiger partial charge in [0.15, 0.2) is 0 Å². The summed E-state index contributed by atoms with van der Waals surface area (Å²) < 4.78 is 0. The van der Waals surface area contributed by atoms with Crippen LogP contribution in [0.5, 0.6) is 0 Å². The molecule has 6 nitrogen and oxygen atoms in total. The molecular weight excluding hydrogens is 306 g/mol. The number of hydrogen-bond donors (Lipinski definition) is 2. The Kier molecular flexibility index (Phi) is 4.06. The molecule has 3 fully saturated rings. The van der Waals surface area contributed by atoms with Crippen molar-refractivity contribution < 1.29 is 14.4 Å². The quantitative estimate of drug-likeness (QED) is 0.611.